The van der Waals surface area contributed by atoms with Crippen molar-refractivity contribution in [1.29, 1.82) is 0 Å². The fourth-order valence-electron chi connectivity index (χ4n) is 3.00. The van der Waals surface area contributed by atoms with Crippen LogP contribution in [-0.2, 0) is 18.4 Å². The summed E-state index contributed by atoms with van der Waals surface area (Å²) in [7, 11) is 1.26. The van der Waals surface area contributed by atoms with Gasteiger partial charge in [0, 0.05) is 5.02 Å². The molecule has 11 heteroatoms. The molecule has 32 heavy (non-hydrogen) atoms. The second-order valence-electron chi connectivity index (χ2n) is 8.53. The van der Waals surface area contributed by atoms with E-state index in [4.69, 9.17) is 30.5 Å². The second-order valence-corrected chi connectivity index (χ2v) is 10.4. The lowest BCUT2D eigenvalue weighted by Crippen LogP contribution is -2.42. The molecule has 0 spiro atoms. The Bertz CT molecular complexity index is 713. The third-order valence-electron chi connectivity index (χ3n) is 4.29. The Hall–Kier alpha value is -1.19. The van der Waals surface area contributed by atoms with Gasteiger partial charge in [0.05, 0.1) is 40.8 Å². The van der Waals surface area contributed by atoms with Gasteiger partial charge in [0.15, 0.2) is 0 Å². The summed E-state index contributed by atoms with van der Waals surface area (Å²) in [6, 6.07) is 7.32. The van der Waals surface area contributed by atoms with Crippen molar-refractivity contribution in [3.05, 3.63) is 29.3 Å². The van der Waals surface area contributed by atoms with Gasteiger partial charge >= 0.3 is 13.8 Å². The highest BCUT2D eigenvalue weighted by Crippen LogP contribution is 2.45. The van der Waals surface area contributed by atoms with Crippen LogP contribution in [0.25, 0.3) is 0 Å². The van der Waals surface area contributed by atoms with Crippen LogP contribution >= 0.6 is 19.4 Å². The van der Waals surface area contributed by atoms with E-state index in [0.29, 0.717) is 22.5 Å². The summed E-state index contributed by atoms with van der Waals surface area (Å²) in [5, 5.41) is 9.64. The fourth-order valence-corrected chi connectivity index (χ4v) is 4.12. The smallest absolute Gasteiger partial charge is 0.472 e. The van der Waals surface area contributed by atoms with Gasteiger partial charge in [-0.3, -0.25) is 13.8 Å². The molecule has 0 fully saturated rings. The molecule has 0 amide bonds. The van der Waals surface area contributed by atoms with Crippen LogP contribution in [0.5, 0.6) is 5.75 Å². The lowest BCUT2D eigenvalue weighted by atomic mass is 10.1. The second kappa shape index (κ2) is 15.6. The molecule has 1 aromatic carbocycles. The average Bonchev–Trinajstić information content (AvgIpc) is 2.60. The minimum Gasteiger partial charge on any atom is -0.870 e. The molecule has 186 valence electrons. The zero-order chi connectivity index (χ0) is 23.3. The van der Waals surface area contributed by atoms with E-state index < -0.39 is 19.9 Å². The van der Waals surface area contributed by atoms with Gasteiger partial charge in [-0.1, -0.05) is 43.4 Å². The summed E-state index contributed by atoms with van der Waals surface area (Å²) in [6.45, 7) is 1.01. The maximum Gasteiger partial charge on any atom is 0.472 e. The molecule has 1 rings (SSSR count). The zero-order valence-electron chi connectivity index (χ0n) is 19.1. The van der Waals surface area contributed by atoms with Crippen molar-refractivity contribution in [2.75, 3.05) is 40.9 Å². The van der Waals surface area contributed by atoms with Gasteiger partial charge in [-0.2, -0.15) is 0 Å². The normalized spacial score (nSPS) is 14.3. The molecule has 2 atom stereocenters. The maximum atomic E-state index is 12.1. The van der Waals surface area contributed by atoms with Gasteiger partial charge in [-0.05, 0) is 31.0 Å². The molecule has 0 saturated carbocycles. The first kappa shape index (κ1) is 30.8. The summed E-state index contributed by atoms with van der Waals surface area (Å²) in [4.78, 5) is 20.9. The molecule has 1 aromatic rings. The Morgan fingerprint density at radius 3 is 2.25 bits per heavy atom. The van der Waals surface area contributed by atoms with E-state index >= 15 is 0 Å². The van der Waals surface area contributed by atoms with E-state index in [-0.39, 0.29) is 25.0 Å². The standard InChI is InChI=1S/C21H35ClNO7P.H2O/c1-23(2,3)17-20(16-21(24)25)30-31(26,27)29-14-9-7-5-4-6-8-13-28-19-12-10-11-18(22)15-19;/h10-12,15,20H,4-9,13-14,16-17H2,1-3H3,(H-,24,25,26,27);1H2/t20-;/m1./s1. The van der Waals surface area contributed by atoms with E-state index in [1.807, 2.05) is 33.3 Å². The summed E-state index contributed by atoms with van der Waals surface area (Å²) in [5.41, 5.74) is 0. The molecular formula is C21H37ClNO8P. The van der Waals surface area contributed by atoms with Gasteiger partial charge < -0.3 is 24.7 Å². The first-order valence-corrected chi connectivity index (χ1v) is 12.4. The number of quaternary nitrogens is 1. The van der Waals surface area contributed by atoms with Crippen molar-refractivity contribution >= 4 is 25.4 Å². The molecule has 0 radical (unpaired) electrons. The number of unbranched alkanes of at least 4 members (excludes halogenated alkanes) is 5. The van der Waals surface area contributed by atoms with Gasteiger partial charge in [0.25, 0.3) is 0 Å². The highest BCUT2D eigenvalue weighted by atomic mass is 35.5. The van der Waals surface area contributed by atoms with Crippen molar-refractivity contribution < 1.29 is 43.1 Å². The summed E-state index contributed by atoms with van der Waals surface area (Å²) in [5.74, 6) is -0.316. The molecule has 0 aliphatic rings. The van der Waals surface area contributed by atoms with Crippen LogP contribution in [0, 0.1) is 0 Å². The van der Waals surface area contributed by atoms with Crippen LogP contribution < -0.4 is 4.74 Å². The highest BCUT2D eigenvalue weighted by Gasteiger charge is 2.31. The summed E-state index contributed by atoms with van der Waals surface area (Å²) < 4.78 is 28.3. The predicted octanol–water partition coefficient (Wildman–Crippen LogP) is 4.57. The molecule has 0 saturated heterocycles. The minimum absolute atomic E-state index is 0. The SMILES string of the molecule is C[N+](C)(C)C[C@@H](CC(=O)O)OP(=O)(O)OCCCCCCCCOc1cccc(Cl)c1.[OH-]. The number of rotatable bonds is 17. The topological polar surface area (TPSA) is 132 Å². The predicted molar refractivity (Wildman–Crippen MR) is 122 cm³/mol. The number of phosphoric acid groups is 1. The molecule has 1 unspecified atom stereocenters. The number of ether oxygens (including phenoxy) is 1. The average molecular weight is 498 g/mol. The lowest BCUT2D eigenvalue weighted by Gasteiger charge is -2.29. The Kier molecular flexibility index (Phi) is 15.0. The quantitative estimate of drug-likeness (QED) is 0.182. The van der Waals surface area contributed by atoms with Crippen LogP contribution in [0.3, 0.4) is 0 Å². The molecule has 0 aliphatic carbocycles. The Morgan fingerprint density at radius 1 is 1.09 bits per heavy atom. The van der Waals surface area contributed by atoms with E-state index in [9.17, 15) is 14.3 Å². The van der Waals surface area contributed by atoms with Crippen molar-refractivity contribution in [2.45, 2.75) is 51.0 Å². The fraction of sp³-hybridized carbons (Fsp3) is 0.667. The number of carboxylic acids is 1. The number of carboxylic acid groups (broad SMARTS) is 1. The van der Waals surface area contributed by atoms with Gasteiger partial charge in [-0.15, -0.1) is 0 Å². The van der Waals surface area contributed by atoms with Crippen molar-refractivity contribution in [2.24, 2.45) is 0 Å². The Labute approximate surface area is 195 Å². The maximum absolute atomic E-state index is 12.1. The number of aliphatic carboxylic acids is 1. The number of hydrogen-bond donors (Lipinski definition) is 2. The molecule has 0 heterocycles. The lowest BCUT2D eigenvalue weighted by molar-refractivity contribution is -0.873. The van der Waals surface area contributed by atoms with Crippen LogP contribution in [0.4, 0.5) is 0 Å². The number of carbonyl (C=O) groups is 1. The number of nitrogens with zero attached hydrogens (tertiary/aromatic N) is 1. The molecule has 3 N–H and O–H groups in total. The number of phosphoric ester groups is 1. The monoisotopic (exact) mass is 497 g/mol. The molecule has 0 aliphatic heterocycles. The number of halogens is 1. The highest BCUT2D eigenvalue weighted by molar-refractivity contribution is 7.47. The van der Waals surface area contributed by atoms with Crippen molar-refractivity contribution in [3.63, 3.8) is 0 Å². The van der Waals surface area contributed by atoms with Crippen molar-refractivity contribution in [1.82, 2.24) is 0 Å². The summed E-state index contributed by atoms with van der Waals surface area (Å²) in [6.07, 6.45) is 4.24. The summed E-state index contributed by atoms with van der Waals surface area (Å²) >= 11 is 5.91. The van der Waals surface area contributed by atoms with E-state index in [2.05, 4.69) is 0 Å². The molecular weight excluding hydrogens is 461 g/mol. The third-order valence-corrected chi connectivity index (χ3v) is 5.60. The first-order valence-electron chi connectivity index (χ1n) is 10.5. The number of hydrogen-bond acceptors (Lipinski definition) is 6. The third kappa shape index (κ3) is 16.4. The largest absolute Gasteiger partial charge is 0.870 e. The van der Waals surface area contributed by atoms with Gasteiger partial charge in [0.1, 0.15) is 18.4 Å². The first-order chi connectivity index (χ1) is 14.5. The zero-order valence-corrected chi connectivity index (χ0v) is 20.8. The Balaban J connectivity index is 0.00000961. The number of likely N-dealkylation sites (N-methyl/N-ethyl adjacent to an activating group) is 1. The van der Waals surface area contributed by atoms with Crippen LogP contribution in [0.2, 0.25) is 5.02 Å². The Morgan fingerprint density at radius 2 is 1.69 bits per heavy atom. The van der Waals surface area contributed by atoms with Gasteiger partial charge in [-0.25, -0.2) is 4.57 Å². The minimum atomic E-state index is -4.29. The van der Waals surface area contributed by atoms with Crippen molar-refractivity contribution in [3.8, 4) is 5.75 Å². The van der Waals surface area contributed by atoms with Crippen LogP contribution in [0.1, 0.15) is 44.9 Å². The number of benzene rings is 1. The molecule has 9 nitrogen and oxygen atoms in total. The van der Waals surface area contributed by atoms with Crippen LogP contribution in [0.15, 0.2) is 24.3 Å². The van der Waals surface area contributed by atoms with Gasteiger partial charge in [0.2, 0.25) is 0 Å². The van der Waals surface area contributed by atoms with E-state index in [1.165, 1.54) is 0 Å². The molecule has 0 aromatic heterocycles. The molecule has 0 bridgehead atoms. The van der Waals surface area contributed by atoms with E-state index in [1.54, 1.807) is 12.1 Å². The van der Waals surface area contributed by atoms with Crippen LogP contribution in [-0.4, -0.2) is 72.9 Å². The van der Waals surface area contributed by atoms with E-state index in [0.717, 1.165) is 37.9 Å².